The van der Waals surface area contributed by atoms with Crippen molar-refractivity contribution in [2.45, 2.75) is 37.1 Å². The number of amidine groups is 1. The average molecular weight is 272 g/mol. The minimum atomic E-state index is -1.96. The topological polar surface area (TPSA) is 73.1 Å². The quantitative estimate of drug-likeness (QED) is 0.739. The van der Waals surface area contributed by atoms with Gasteiger partial charge in [0.15, 0.2) is 0 Å². The molecule has 2 atom stereocenters. The minimum absolute atomic E-state index is 0.365. The number of nitrogens with zero attached hydrogens (tertiary/aromatic N) is 2. The number of hydrogen-bond donors (Lipinski definition) is 2. The van der Waals surface area contributed by atoms with Gasteiger partial charge in [0, 0.05) is 24.1 Å². The molecule has 0 saturated carbocycles. The maximum Gasteiger partial charge on any atom is 0.259 e. The Bertz CT molecular complexity index is 642. The van der Waals surface area contributed by atoms with Gasteiger partial charge in [-0.25, -0.2) is 4.99 Å². The lowest BCUT2D eigenvalue weighted by molar-refractivity contribution is -0.160. The molecule has 0 bridgehead atoms. The van der Waals surface area contributed by atoms with E-state index in [9.17, 15) is 15.0 Å². The van der Waals surface area contributed by atoms with E-state index in [2.05, 4.69) is 4.99 Å². The summed E-state index contributed by atoms with van der Waals surface area (Å²) >= 11 is 0. The zero-order chi connectivity index (χ0) is 14.0. The van der Waals surface area contributed by atoms with Crippen LogP contribution >= 0.6 is 0 Å². The third-order valence-electron chi connectivity index (χ3n) is 4.63. The summed E-state index contributed by atoms with van der Waals surface area (Å²) in [5.74, 6) is 0.201. The monoisotopic (exact) mass is 272 g/mol. The molecule has 0 aromatic heterocycles. The Morgan fingerprint density at radius 1 is 1.15 bits per heavy atom. The summed E-state index contributed by atoms with van der Waals surface area (Å²) < 4.78 is 0. The van der Waals surface area contributed by atoms with Gasteiger partial charge in [0.05, 0.1) is 0 Å². The summed E-state index contributed by atoms with van der Waals surface area (Å²) in [6, 6.07) is 6.79. The molecule has 20 heavy (non-hydrogen) atoms. The molecule has 2 heterocycles. The second-order valence-corrected chi connectivity index (χ2v) is 5.71. The van der Waals surface area contributed by atoms with E-state index in [1.165, 1.54) is 0 Å². The SMILES string of the molecule is O=C1c2ccccc2C2(O)N=C3CCCCCN3C12O. The first kappa shape index (κ1) is 12.1. The van der Waals surface area contributed by atoms with E-state index in [0.717, 1.165) is 19.3 Å². The van der Waals surface area contributed by atoms with Gasteiger partial charge < -0.3 is 15.1 Å². The summed E-state index contributed by atoms with van der Waals surface area (Å²) in [5, 5.41) is 21.9. The fourth-order valence-electron chi connectivity index (χ4n) is 3.61. The van der Waals surface area contributed by atoms with E-state index in [-0.39, 0.29) is 0 Å². The number of ketones is 1. The van der Waals surface area contributed by atoms with Gasteiger partial charge in [-0.15, -0.1) is 0 Å². The van der Waals surface area contributed by atoms with Crippen molar-refractivity contribution in [1.29, 1.82) is 0 Å². The largest absolute Gasteiger partial charge is 0.361 e. The molecule has 1 fully saturated rings. The highest BCUT2D eigenvalue weighted by atomic mass is 16.4. The number of hydrogen-bond acceptors (Lipinski definition) is 5. The highest BCUT2D eigenvalue weighted by Gasteiger charge is 2.70. The first-order valence-corrected chi connectivity index (χ1v) is 7.04. The molecule has 4 rings (SSSR count). The average Bonchev–Trinajstić information content (AvgIpc) is 2.69. The van der Waals surface area contributed by atoms with Gasteiger partial charge in [-0.3, -0.25) is 4.79 Å². The number of Topliss-reactive ketones (excluding diaryl/α,β-unsaturated/α-hetero) is 1. The molecule has 104 valence electrons. The van der Waals surface area contributed by atoms with Crippen molar-refractivity contribution < 1.29 is 15.0 Å². The Morgan fingerprint density at radius 2 is 1.95 bits per heavy atom. The van der Waals surface area contributed by atoms with E-state index in [1.807, 2.05) is 0 Å². The van der Waals surface area contributed by atoms with Gasteiger partial charge in [0.1, 0.15) is 5.84 Å². The third-order valence-corrected chi connectivity index (χ3v) is 4.63. The lowest BCUT2D eigenvalue weighted by atomic mass is 9.99. The number of benzene rings is 1. The Kier molecular flexibility index (Phi) is 2.22. The van der Waals surface area contributed by atoms with Crippen LogP contribution in [0.4, 0.5) is 0 Å². The van der Waals surface area contributed by atoms with Crippen LogP contribution in [0.3, 0.4) is 0 Å². The van der Waals surface area contributed by atoms with Gasteiger partial charge in [-0.2, -0.15) is 0 Å². The van der Waals surface area contributed by atoms with Crippen LogP contribution in [0, 0.1) is 0 Å². The third kappa shape index (κ3) is 1.16. The van der Waals surface area contributed by atoms with Crippen molar-refractivity contribution in [1.82, 2.24) is 4.90 Å². The van der Waals surface area contributed by atoms with Crippen molar-refractivity contribution in [2.75, 3.05) is 6.54 Å². The number of fused-ring (bicyclic) bond motifs is 5. The Morgan fingerprint density at radius 3 is 2.80 bits per heavy atom. The molecule has 1 aromatic carbocycles. The van der Waals surface area contributed by atoms with Crippen LogP contribution in [0.15, 0.2) is 29.3 Å². The molecule has 2 unspecified atom stereocenters. The van der Waals surface area contributed by atoms with Gasteiger partial charge in [-0.05, 0) is 12.8 Å². The lowest BCUT2D eigenvalue weighted by Crippen LogP contribution is -2.59. The molecular formula is C15H16N2O3. The highest BCUT2D eigenvalue weighted by molar-refractivity contribution is 6.11. The molecule has 0 amide bonds. The van der Waals surface area contributed by atoms with Crippen LogP contribution < -0.4 is 0 Å². The van der Waals surface area contributed by atoms with Crippen LogP contribution in [0.25, 0.3) is 0 Å². The summed E-state index contributed by atoms with van der Waals surface area (Å²) in [6.07, 6.45) is 3.60. The number of rotatable bonds is 0. The summed E-state index contributed by atoms with van der Waals surface area (Å²) in [4.78, 5) is 18.6. The Hall–Kier alpha value is -1.72. The van der Waals surface area contributed by atoms with Crippen LogP contribution in [-0.4, -0.2) is 39.0 Å². The fourth-order valence-corrected chi connectivity index (χ4v) is 3.61. The van der Waals surface area contributed by atoms with Gasteiger partial charge >= 0.3 is 0 Å². The highest BCUT2D eigenvalue weighted by Crippen LogP contribution is 2.51. The maximum absolute atomic E-state index is 12.6. The number of aliphatic hydroxyl groups is 2. The van der Waals surface area contributed by atoms with Crippen LogP contribution in [-0.2, 0) is 5.72 Å². The summed E-state index contributed by atoms with van der Waals surface area (Å²) in [7, 11) is 0. The maximum atomic E-state index is 12.6. The molecule has 2 N–H and O–H groups in total. The van der Waals surface area contributed by atoms with E-state index < -0.39 is 17.2 Å². The van der Waals surface area contributed by atoms with Crippen molar-refractivity contribution in [2.24, 2.45) is 4.99 Å². The van der Waals surface area contributed by atoms with Crippen LogP contribution in [0.5, 0.6) is 0 Å². The van der Waals surface area contributed by atoms with E-state index in [4.69, 9.17) is 0 Å². The second kappa shape index (κ2) is 3.68. The first-order valence-electron chi connectivity index (χ1n) is 7.04. The van der Waals surface area contributed by atoms with Crippen molar-refractivity contribution in [3.8, 4) is 0 Å². The predicted octanol–water partition coefficient (Wildman–Crippen LogP) is 1.00. The van der Waals surface area contributed by atoms with E-state index in [1.54, 1.807) is 29.2 Å². The fraction of sp³-hybridized carbons (Fsp3) is 0.467. The lowest BCUT2D eigenvalue weighted by Gasteiger charge is -2.36. The summed E-state index contributed by atoms with van der Waals surface area (Å²) in [5.41, 5.74) is -3.04. The van der Waals surface area contributed by atoms with E-state index >= 15 is 0 Å². The number of carbonyl (C=O) groups excluding carboxylic acids is 1. The summed E-state index contributed by atoms with van der Waals surface area (Å²) in [6.45, 7) is 0.553. The number of carbonyl (C=O) groups is 1. The molecule has 1 aromatic rings. The normalized spacial score (nSPS) is 35.2. The van der Waals surface area contributed by atoms with Crippen molar-refractivity contribution in [3.05, 3.63) is 35.4 Å². The zero-order valence-electron chi connectivity index (χ0n) is 11.0. The van der Waals surface area contributed by atoms with Gasteiger partial charge in [-0.1, -0.05) is 30.7 Å². The minimum Gasteiger partial charge on any atom is -0.361 e. The van der Waals surface area contributed by atoms with Crippen LogP contribution in [0.1, 0.15) is 41.6 Å². The molecule has 0 radical (unpaired) electrons. The second-order valence-electron chi connectivity index (χ2n) is 5.71. The Balaban J connectivity index is 1.96. The van der Waals surface area contributed by atoms with Gasteiger partial charge in [0.2, 0.25) is 11.5 Å². The molecule has 5 heteroatoms. The molecule has 5 nitrogen and oxygen atoms in total. The van der Waals surface area contributed by atoms with Gasteiger partial charge in [0.25, 0.3) is 5.72 Å². The smallest absolute Gasteiger partial charge is 0.259 e. The Labute approximate surface area is 116 Å². The number of aliphatic imine (C=N–C) groups is 1. The van der Waals surface area contributed by atoms with Crippen molar-refractivity contribution in [3.63, 3.8) is 0 Å². The first-order chi connectivity index (χ1) is 9.59. The van der Waals surface area contributed by atoms with E-state index in [0.29, 0.717) is 29.9 Å². The molecule has 0 spiro atoms. The molecule has 2 aliphatic heterocycles. The molecule has 3 aliphatic rings. The molecule has 1 saturated heterocycles. The zero-order valence-corrected chi connectivity index (χ0v) is 11.0. The predicted molar refractivity (Wildman–Crippen MR) is 72.2 cm³/mol. The molecular weight excluding hydrogens is 256 g/mol. The van der Waals surface area contributed by atoms with Crippen LogP contribution in [0.2, 0.25) is 0 Å². The molecule has 1 aliphatic carbocycles. The van der Waals surface area contributed by atoms with Crippen molar-refractivity contribution >= 4 is 11.6 Å². The standard InChI is InChI=1S/C15H16N2O3/c18-13-10-6-3-4-7-11(10)14(19)15(13,20)17-9-5-1-2-8-12(17)16-14/h3-4,6-7,19-20H,1-2,5,8-9H2.